The third kappa shape index (κ3) is 3.11. The molecule has 1 fully saturated rings. The summed E-state index contributed by atoms with van der Waals surface area (Å²) in [5.41, 5.74) is -3.95. The molecule has 0 spiro atoms. The molecule has 0 heterocycles. The molecular formula is C12H15F5O3. The van der Waals surface area contributed by atoms with E-state index in [0.29, 0.717) is 0 Å². The Bertz CT molecular complexity index is 404. The highest BCUT2D eigenvalue weighted by Gasteiger charge is 2.70. The van der Waals surface area contributed by atoms with Gasteiger partial charge in [0.1, 0.15) is 0 Å². The van der Waals surface area contributed by atoms with Crippen LogP contribution < -0.4 is 0 Å². The van der Waals surface area contributed by atoms with Gasteiger partial charge in [0, 0.05) is 12.0 Å². The van der Waals surface area contributed by atoms with Crippen molar-refractivity contribution in [2.75, 3.05) is 6.61 Å². The molecule has 1 saturated carbocycles. The molecule has 0 bridgehead atoms. The van der Waals surface area contributed by atoms with E-state index in [1.54, 1.807) is 0 Å². The third-order valence-electron chi connectivity index (χ3n) is 3.33. The van der Waals surface area contributed by atoms with Gasteiger partial charge in [0.15, 0.2) is 0 Å². The summed E-state index contributed by atoms with van der Waals surface area (Å²) < 4.78 is 69.4. The van der Waals surface area contributed by atoms with Crippen molar-refractivity contribution in [2.45, 2.75) is 43.9 Å². The lowest BCUT2D eigenvalue weighted by atomic mass is 9.75. The quantitative estimate of drug-likeness (QED) is 0.495. The number of hydrogen-bond donors (Lipinski definition) is 1. The monoisotopic (exact) mass is 302 g/mol. The number of alkyl halides is 5. The molecule has 0 amide bonds. The van der Waals surface area contributed by atoms with Crippen LogP contribution in [0.1, 0.15) is 26.2 Å². The van der Waals surface area contributed by atoms with Crippen LogP contribution in [0.5, 0.6) is 0 Å². The normalized spacial score (nSPS) is 29.9. The van der Waals surface area contributed by atoms with Gasteiger partial charge >= 0.3 is 12.1 Å². The summed E-state index contributed by atoms with van der Waals surface area (Å²) in [6.45, 7) is 4.23. The zero-order chi connectivity index (χ0) is 15.8. The number of carbonyl (C=O) groups is 1. The lowest BCUT2D eigenvalue weighted by Gasteiger charge is -2.43. The largest absolute Gasteiger partial charge is 0.462 e. The second-order valence-electron chi connectivity index (χ2n) is 5.05. The summed E-state index contributed by atoms with van der Waals surface area (Å²) in [6, 6.07) is 0. The van der Waals surface area contributed by atoms with Crippen molar-refractivity contribution < 1.29 is 36.6 Å². The summed E-state index contributed by atoms with van der Waals surface area (Å²) in [7, 11) is 0. The van der Waals surface area contributed by atoms with Crippen molar-refractivity contribution >= 4 is 5.97 Å². The zero-order valence-electron chi connectivity index (χ0n) is 10.8. The van der Waals surface area contributed by atoms with Crippen molar-refractivity contribution in [1.29, 1.82) is 0 Å². The van der Waals surface area contributed by atoms with Gasteiger partial charge in [0.25, 0.3) is 5.92 Å². The number of rotatable bonds is 3. The topological polar surface area (TPSA) is 46.5 Å². The predicted octanol–water partition coefficient (Wildman–Crippen LogP) is 2.83. The van der Waals surface area contributed by atoms with Crippen molar-refractivity contribution in [3.63, 3.8) is 0 Å². The van der Waals surface area contributed by atoms with E-state index in [-0.39, 0.29) is 12.0 Å². The van der Waals surface area contributed by atoms with Crippen LogP contribution in [0, 0.1) is 5.92 Å². The number of halogens is 5. The van der Waals surface area contributed by atoms with Crippen molar-refractivity contribution in [3.05, 3.63) is 12.2 Å². The molecule has 0 aromatic rings. The zero-order valence-corrected chi connectivity index (χ0v) is 10.8. The lowest BCUT2D eigenvalue weighted by molar-refractivity contribution is -0.347. The maximum atomic E-state index is 13.6. The fourth-order valence-electron chi connectivity index (χ4n) is 2.04. The molecule has 20 heavy (non-hydrogen) atoms. The van der Waals surface area contributed by atoms with Crippen LogP contribution in [0.15, 0.2) is 12.2 Å². The number of ether oxygens (including phenoxy) is 1. The van der Waals surface area contributed by atoms with E-state index < -0.39 is 49.0 Å². The molecule has 0 aliphatic heterocycles. The second kappa shape index (κ2) is 5.31. The van der Waals surface area contributed by atoms with Crippen LogP contribution in [0.25, 0.3) is 0 Å². The second-order valence-corrected chi connectivity index (χ2v) is 5.05. The Labute approximate surface area is 112 Å². The van der Waals surface area contributed by atoms with E-state index >= 15 is 0 Å². The van der Waals surface area contributed by atoms with Gasteiger partial charge in [-0.25, -0.2) is 13.6 Å². The van der Waals surface area contributed by atoms with Gasteiger partial charge in [-0.3, -0.25) is 0 Å². The first kappa shape index (κ1) is 16.9. The van der Waals surface area contributed by atoms with E-state index in [4.69, 9.17) is 0 Å². The molecule has 116 valence electrons. The number of carbonyl (C=O) groups excluding carboxylic acids is 1. The molecule has 8 heteroatoms. The van der Waals surface area contributed by atoms with Crippen LogP contribution in [0.4, 0.5) is 22.0 Å². The van der Waals surface area contributed by atoms with Crippen molar-refractivity contribution in [3.8, 4) is 0 Å². The Hall–Kier alpha value is -1.18. The molecule has 3 nitrogen and oxygen atoms in total. The van der Waals surface area contributed by atoms with Crippen LogP contribution in [0.3, 0.4) is 0 Å². The minimum Gasteiger partial charge on any atom is -0.462 e. The van der Waals surface area contributed by atoms with Gasteiger partial charge in [-0.2, -0.15) is 13.2 Å². The molecular weight excluding hydrogens is 287 g/mol. The highest BCUT2D eigenvalue weighted by Crippen LogP contribution is 2.51. The summed E-state index contributed by atoms with van der Waals surface area (Å²) in [5, 5.41) is 9.22. The molecule has 1 rings (SSSR count). The molecule has 1 aliphatic rings. The fraction of sp³-hybridized carbons (Fsp3) is 0.750. The highest BCUT2D eigenvalue weighted by atomic mass is 19.4. The van der Waals surface area contributed by atoms with E-state index in [0.717, 1.165) is 0 Å². The highest BCUT2D eigenvalue weighted by molar-refractivity contribution is 5.86. The Kier molecular flexibility index (Phi) is 4.48. The summed E-state index contributed by atoms with van der Waals surface area (Å²) in [5.74, 6) is -6.04. The molecule has 0 radical (unpaired) electrons. The average molecular weight is 302 g/mol. The van der Waals surface area contributed by atoms with Gasteiger partial charge in [0.2, 0.25) is 5.60 Å². The molecule has 2 unspecified atom stereocenters. The first-order valence-corrected chi connectivity index (χ1v) is 5.90. The summed E-state index contributed by atoms with van der Waals surface area (Å²) >= 11 is 0. The van der Waals surface area contributed by atoms with Gasteiger partial charge in [-0.05, 0) is 25.7 Å². The maximum absolute atomic E-state index is 13.6. The lowest BCUT2D eigenvalue weighted by Crippen LogP contribution is -2.61. The van der Waals surface area contributed by atoms with Crippen molar-refractivity contribution in [2.24, 2.45) is 5.92 Å². The predicted molar refractivity (Wildman–Crippen MR) is 59.1 cm³/mol. The number of aliphatic hydroxyl groups is 1. The minimum atomic E-state index is -5.41. The maximum Gasteiger partial charge on any atom is 0.423 e. The van der Waals surface area contributed by atoms with Crippen LogP contribution >= 0.6 is 0 Å². The summed E-state index contributed by atoms with van der Waals surface area (Å²) in [4.78, 5) is 11.1. The molecule has 1 N–H and O–H groups in total. The Morgan fingerprint density at radius 2 is 2.00 bits per heavy atom. The first-order valence-electron chi connectivity index (χ1n) is 5.90. The first-order chi connectivity index (χ1) is 8.91. The number of esters is 1. The Morgan fingerprint density at radius 3 is 2.40 bits per heavy atom. The minimum absolute atomic E-state index is 0.0689. The molecule has 0 aromatic carbocycles. The summed E-state index contributed by atoms with van der Waals surface area (Å²) in [6.07, 6.45) is -8.03. The average Bonchev–Trinajstić information content (AvgIpc) is 2.28. The van der Waals surface area contributed by atoms with Crippen LogP contribution in [0.2, 0.25) is 0 Å². The molecule has 0 saturated heterocycles. The van der Waals surface area contributed by atoms with Crippen molar-refractivity contribution in [1.82, 2.24) is 0 Å². The fourth-order valence-corrected chi connectivity index (χ4v) is 2.04. The Balaban J connectivity index is 2.70. The van der Waals surface area contributed by atoms with Gasteiger partial charge in [-0.1, -0.05) is 6.58 Å². The molecule has 0 aromatic heterocycles. The van der Waals surface area contributed by atoms with Gasteiger partial charge in [-0.15, -0.1) is 0 Å². The van der Waals surface area contributed by atoms with E-state index in [9.17, 15) is 31.9 Å². The smallest absolute Gasteiger partial charge is 0.423 e. The van der Waals surface area contributed by atoms with Gasteiger partial charge in [0.05, 0.1) is 6.61 Å². The number of hydrogen-bond acceptors (Lipinski definition) is 3. The van der Waals surface area contributed by atoms with E-state index in [1.165, 1.54) is 6.92 Å². The van der Waals surface area contributed by atoms with E-state index in [2.05, 4.69) is 11.3 Å². The van der Waals surface area contributed by atoms with Gasteiger partial charge < -0.3 is 9.84 Å². The molecule has 1 aliphatic carbocycles. The third-order valence-corrected chi connectivity index (χ3v) is 3.33. The van der Waals surface area contributed by atoms with E-state index in [1.807, 2.05) is 0 Å². The standard InChI is InChI=1S/C12H15F5O3/c1-7(2)9(18)20-6-8-3-4-10(19,12(15,16)17)11(13,14)5-8/h8,19H,1,3-6H2,2H3. The van der Waals surface area contributed by atoms with Crippen LogP contribution in [-0.4, -0.2) is 35.4 Å². The Morgan fingerprint density at radius 1 is 1.45 bits per heavy atom. The van der Waals surface area contributed by atoms with Crippen LogP contribution in [-0.2, 0) is 9.53 Å². The SMILES string of the molecule is C=C(C)C(=O)OCC1CCC(O)(C(F)(F)F)C(F)(F)C1. The molecule has 2 atom stereocenters.